The topological polar surface area (TPSA) is 90.2 Å². The van der Waals surface area contributed by atoms with E-state index in [-0.39, 0.29) is 23.1 Å². The molecular formula is C21H21N5O3. The van der Waals surface area contributed by atoms with Crippen LogP contribution in [0.1, 0.15) is 34.9 Å². The standard InChI is InChI=1S/C21H21N5O3/c1-25-20(27)10-9-17(24-25)21(28)26-11-5-6-15(14-26)18-12-22-13-19(23-18)29-16-7-3-2-4-8-16/h2-4,7-10,12-13,15H,5-6,11,14H2,1H3. The van der Waals surface area contributed by atoms with E-state index in [9.17, 15) is 9.59 Å². The highest BCUT2D eigenvalue weighted by molar-refractivity contribution is 5.92. The Morgan fingerprint density at radius 2 is 1.97 bits per heavy atom. The molecule has 3 heterocycles. The van der Waals surface area contributed by atoms with Crippen molar-refractivity contribution in [1.82, 2.24) is 24.6 Å². The maximum absolute atomic E-state index is 12.8. The SMILES string of the molecule is Cn1nc(C(=O)N2CCCC(c3cncc(Oc4ccccc4)n3)C2)ccc1=O. The van der Waals surface area contributed by atoms with Gasteiger partial charge in [-0.25, -0.2) is 9.67 Å². The van der Waals surface area contributed by atoms with Gasteiger partial charge in [0, 0.05) is 38.3 Å². The molecule has 4 rings (SSSR count). The third-order valence-corrected chi connectivity index (χ3v) is 4.90. The van der Waals surface area contributed by atoms with Crippen LogP contribution >= 0.6 is 0 Å². The monoisotopic (exact) mass is 391 g/mol. The lowest BCUT2D eigenvalue weighted by atomic mass is 9.95. The zero-order chi connectivity index (χ0) is 20.2. The number of ether oxygens (including phenoxy) is 1. The molecule has 148 valence electrons. The Morgan fingerprint density at radius 3 is 2.76 bits per heavy atom. The van der Waals surface area contributed by atoms with E-state index >= 15 is 0 Å². The first-order valence-corrected chi connectivity index (χ1v) is 9.48. The van der Waals surface area contributed by atoms with E-state index in [1.807, 2.05) is 30.3 Å². The normalized spacial score (nSPS) is 16.4. The Labute approximate surface area is 167 Å². The number of benzene rings is 1. The van der Waals surface area contributed by atoms with Crippen molar-refractivity contribution in [1.29, 1.82) is 0 Å². The molecule has 1 aliphatic heterocycles. The molecule has 1 unspecified atom stereocenters. The average Bonchev–Trinajstić information content (AvgIpc) is 2.76. The molecule has 0 N–H and O–H groups in total. The fourth-order valence-electron chi connectivity index (χ4n) is 3.40. The molecule has 2 aromatic heterocycles. The molecule has 1 aromatic carbocycles. The van der Waals surface area contributed by atoms with Gasteiger partial charge in [0.2, 0.25) is 5.88 Å². The zero-order valence-electron chi connectivity index (χ0n) is 16.1. The number of aryl methyl sites for hydroxylation is 1. The second kappa shape index (κ2) is 8.22. The number of hydrogen-bond donors (Lipinski definition) is 0. The molecule has 0 aliphatic carbocycles. The van der Waals surface area contributed by atoms with Crippen molar-refractivity contribution < 1.29 is 9.53 Å². The molecular weight excluding hydrogens is 370 g/mol. The van der Waals surface area contributed by atoms with E-state index in [2.05, 4.69) is 15.1 Å². The molecule has 8 heteroatoms. The van der Waals surface area contributed by atoms with Crippen molar-refractivity contribution in [3.8, 4) is 11.6 Å². The summed E-state index contributed by atoms with van der Waals surface area (Å²) in [4.78, 5) is 35.0. The number of hydrogen-bond acceptors (Lipinski definition) is 6. The van der Waals surface area contributed by atoms with Gasteiger partial charge in [-0.3, -0.25) is 14.6 Å². The molecule has 1 atom stereocenters. The minimum Gasteiger partial charge on any atom is -0.437 e. The maximum Gasteiger partial charge on any atom is 0.274 e. The number of para-hydroxylation sites is 1. The second-order valence-corrected chi connectivity index (χ2v) is 6.97. The largest absolute Gasteiger partial charge is 0.437 e. The van der Waals surface area contributed by atoms with Gasteiger partial charge in [-0.1, -0.05) is 18.2 Å². The molecule has 8 nitrogen and oxygen atoms in total. The van der Waals surface area contributed by atoms with Crippen molar-refractivity contribution >= 4 is 5.91 Å². The zero-order valence-corrected chi connectivity index (χ0v) is 16.1. The summed E-state index contributed by atoms with van der Waals surface area (Å²) in [5, 5.41) is 4.07. The number of carbonyl (C=O) groups excluding carboxylic acids is 1. The average molecular weight is 391 g/mol. The van der Waals surface area contributed by atoms with Crippen LogP contribution in [0.4, 0.5) is 0 Å². The molecule has 0 saturated carbocycles. The summed E-state index contributed by atoms with van der Waals surface area (Å²) in [6.45, 7) is 1.17. The number of rotatable bonds is 4. The van der Waals surface area contributed by atoms with Gasteiger partial charge in [0.25, 0.3) is 11.5 Å². The Kier molecular flexibility index (Phi) is 5.33. The van der Waals surface area contributed by atoms with Gasteiger partial charge in [-0.15, -0.1) is 0 Å². The first-order valence-electron chi connectivity index (χ1n) is 9.48. The number of carbonyl (C=O) groups is 1. The van der Waals surface area contributed by atoms with E-state index in [0.29, 0.717) is 24.7 Å². The van der Waals surface area contributed by atoms with Crippen molar-refractivity contribution in [3.05, 3.63) is 76.6 Å². The molecule has 0 bridgehead atoms. The van der Waals surface area contributed by atoms with E-state index in [4.69, 9.17) is 4.74 Å². The molecule has 1 amide bonds. The third-order valence-electron chi connectivity index (χ3n) is 4.90. The number of piperidine rings is 1. The summed E-state index contributed by atoms with van der Waals surface area (Å²) < 4.78 is 6.95. The van der Waals surface area contributed by atoms with Crippen molar-refractivity contribution in [2.75, 3.05) is 13.1 Å². The maximum atomic E-state index is 12.8. The first-order chi connectivity index (χ1) is 14.1. The van der Waals surface area contributed by atoms with Gasteiger partial charge in [0.05, 0.1) is 11.9 Å². The van der Waals surface area contributed by atoms with Crippen LogP contribution in [0.5, 0.6) is 11.6 Å². The molecule has 1 aliphatic rings. The first kappa shape index (κ1) is 18.8. The van der Waals surface area contributed by atoms with Crippen molar-refractivity contribution in [3.63, 3.8) is 0 Å². The van der Waals surface area contributed by atoms with Gasteiger partial charge in [0.1, 0.15) is 11.4 Å². The highest BCUT2D eigenvalue weighted by Crippen LogP contribution is 2.28. The Balaban J connectivity index is 1.49. The lowest BCUT2D eigenvalue weighted by Gasteiger charge is -2.32. The molecule has 3 aromatic rings. The van der Waals surface area contributed by atoms with E-state index in [1.54, 1.807) is 17.3 Å². The highest BCUT2D eigenvalue weighted by Gasteiger charge is 2.27. The summed E-state index contributed by atoms with van der Waals surface area (Å²) in [7, 11) is 1.53. The lowest BCUT2D eigenvalue weighted by molar-refractivity contribution is 0.0697. The van der Waals surface area contributed by atoms with Crippen molar-refractivity contribution in [2.45, 2.75) is 18.8 Å². The fourth-order valence-corrected chi connectivity index (χ4v) is 3.40. The molecule has 0 radical (unpaired) electrons. The number of aromatic nitrogens is 4. The predicted octanol–water partition coefficient (Wildman–Crippen LogP) is 2.38. The van der Waals surface area contributed by atoms with Crippen LogP contribution in [0.2, 0.25) is 0 Å². The van der Waals surface area contributed by atoms with Crippen molar-refractivity contribution in [2.24, 2.45) is 7.05 Å². The highest BCUT2D eigenvalue weighted by atomic mass is 16.5. The summed E-state index contributed by atoms with van der Waals surface area (Å²) in [5.74, 6) is 0.999. The smallest absolute Gasteiger partial charge is 0.274 e. The third kappa shape index (κ3) is 4.31. The van der Waals surface area contributed by atoms with Crippen LogP contribution in [-0.4, -0.2) is 43.6 Å². The Morgan fingerprint density at radius 1 is 1.14 bits per heavy atom. The quantitative estimate of drug-likeness (QED) is 0.678. The number of nitrogens with zero attached hydrogens (tertiary/aromatic N) is 5. The fraction of sp³-hybridized carbons (Fsp3) is 0.286. The van der Waals surface area contributed by atoms with E-state index in [1.165, 1.54) is 23.9 Å². The van der Waals surface area contributed by atoms with Crippen LogP contribution in [-0.2, 0) is 7.05 Å². The van der Waals surface area contributed by atoms with Gasteiger partial charge in [0.15, 0.2) is 0 Å². The molecule has 1 fully saturated rings. The predicted molar refractivity (Wildman–Crippen MR) is 106 cm³/mol. The van der Waals surface area contributed by atoms with E-state index in [0.717, 1.165) is 18.5 Å². The number of likely N-dealkylation sites (tertiary alicyclic amines) is 1. The summed E-state index contributed by atoms with van der Waals surface area (Å²) in [5.41, 5.74) is 0.813. The summed E-state index contributed by atoms with van der Waals surface area (Å²) >= 11 is 0. The number of amides is 1. The minimum absolute atomic E-state index is 0.0621. The Bertz CT molecular complexity index is 1070. The second-order valence-electron chi connectivity index (χ2n) is 6.97. The summed E-state index contributed by atoms with van der Waals surface area (Å²) in [6.07, 6.45) is 5.07. The van der Waals surface area contributed by atoms with Gasteiger partial charge >= 0.3 is 0 Å². The van der Waals surface area contributed by atoms with Crippen LogP contribution in [0.3, 0.4) is 0 Å². The Hall–Kier alpha value is -3.55. The molecule has 0 spiro atoms. The molecule has 29 heavy (non-hydrogen) atoms. The van der Waals surface area contributed by atoms with Crippen LogP contribution in [0, 0.1) is 0 Å². The minimum atomic E-state index is -0.247. The van der Waals surface area contributed by atoms with E-state index < -0.39 is 0 Å². The van der Waals surface area contributed by atoms with Crippen LogP contribution < -0.4 is 10.3 Å². The summed E-state index contributed by atoms with van der Waals surface area (Å²) in [6, 6.07) is 12.3. The molecule has 1 saturated heterocycles. The lowest BCUT2D eigenvalue weighted by Crippen LogP contribution is -2.40. The van der Waals surface area contributed by atoms with Gasteiger partial charge in [-0.05, 0) is 31.0 Å². The van der Waals surface area contributed by atoms with Crippen LogP contribution in [0.15, 0.2) is 59.7 Å². The van der Waals surface area contributed by atoms with Gasteiger partial charge in [-0.2, -0.15) is 5.10 Å². The van der Waals surface area contributed by atoms with Crippen LogP contribution in [0.25, 0.3) is 0 Å². The van der Waals surface area contributed by atoms with Gasteiger partial charge < -0.3 is 9.64 Å².